The molecule has 2 amide bonds. The highest BCUT2D eigenvalue weighted by atomic mass is 16.2. The Labute approximate surface area is 157 Å². The minimum atomic E-state index is -0.554. The molecule has 0 aromatic carbocycles. The molecule has 4 heteroatoms. The quantitative estimate of drug-likeness (QED) is 0.566. The van der Waals surface area contributed by atoms with Crippen molar-refractivity contribution in [1.29, 1.82) is 0 Å². The first-order chi connectivity index (χ1) is 12.5. The molecular weight excluding hydrogens is 324 g/mol. The summed E-state index contributed by atoms with van der Waals surface area (Å²) in [5.74, 6) is 3.42. The highest BCUT2D eigenvalue weighted by Crippen LogP contribution is 2.78. The maximum absolute atomic E-state index is 13.6. The molecule has 0 heterocycles. The van der Waals surface area contributed by atoms with E-state index in [0.717, 1.165) is 19.3 Å². The molecule has 0 spiro atoms. The normalized spacial score (nSPS) is 47.2. The third-order valence-corrected chi connectivity index (χ3v) is 8.68. The smallest absolute Gasteiger partial charge is 0.227 e. The lowest BCUT2D eigenvalue weighted by molar-refractivity contribution is -0.168. The van der Waals surface area contributed by atoms with Crippen molar-refractivity contribution in [2.24, 2.45) is 46.3 Å². The Hall–Kier alpha value is -1.32. The summed E-state index contributed by atoms with van der Waals surface area (Å²) in [5.41, 5.74) is -1.11. The molecule has 3 fully saturated rings. The fourth-order valence-corrected chi connectivity index (χ4v) is 8.20. The van der Waals surface area contributed by atoms with Gasteiger partial charge in [-0.3, -0.25) is 9.59 Å². The average molecular weight is 359 g/mol. The SMILES string of the molecule is CCNC(=O)C1(CC)C2CC(C3C4C=CC(C4)C32)C1(CC)C(=O)NCC. The maximum Gasteiger partial charge on any atom is 0.227 e. The van der Waals surface area contributed by atoms with Crippen molar-refractivity contribution >= 4 is 11.8 Å². The van der Waals surface area contributed by atoms with Crippen LogP contribution in [0, 0.1) is 46.3 Å². The zero-order valence-electron chi connectivity index (χ0n) is 16.7. The number of allylic oxidation sites excluding steroid dienone is 2. The lowest BCUT2D eigenvalue weighted by atomic mass is 9.47. The molecule has 4 bridgehead atoms. The van der Waals surface area contributed by atoms with Crippen molar-refractivity contribution < 1.29 is 9.59 Å². The van der Waals surface area contributed by atoms with E-state index in [4.69, 9.17) is 0 Å². The summed E-state index contributed by atoms with van der Waals surface area (Å²) in [6.45, 7) is 9.50. The predicted molar refractivity (Wildman–Crippen MR) is 102 cm³/mol. The van der Waals surface area contributed by atoms with Gasteiger partial charge in [-0.1, -0.05) is 26.0 Å². The first-order valence-electron chi connectivity index (χ1n) is 10.8. The fourth-order valence-electron chi connectivity index (χ4n) is 8.20. The van der Waals surface area contributed by atoms with Crippen molar-refractivity contribution in [2.75, 3.05) is 13.1 Å². The number of rotatable bonds is 6. The lowest BCUT2D eigenvalue weighted by Crippen LogP contribution is -2.64. The Morgan fingerprint density at radius 2 is 1.23 bits per heavy atom. The van der Waals surface area contributed by atoms with Crippen molar-refractivity contribution in [2.45, 2.75) is 53.4 Å². The molecule has 3 saturated carbocycles. The van der Waals surface area contributed by atoms with E-state index in [0.29, 0.717) is 48.6 Å². The summed E-state index contributed by atoms with van der Waals surface area (Å²) >= 11 is 0. The van der Waals surface area contributed by atoms with Crippen LogP contribution in [-0.2, 0) is 9.59 Å². The number of nitrogens with one attached hydrogen (secondary N) is 2. The largest absolute Gasteiger partial charge is 0.356 e. The lowest BCUT2D eigenvalue weighted by Gasteiger charge is -2.55. The van der Waals surface area contributed by atoms with Crippen molar-refractivity contribution in [3.05, 3.63) is 12.2 Å². The van der Waals surface area contributed by atoms with Crippen LogP contribution >= 0.6 is 0 Å². The second-order valence-electron chi connectivity index (χ2n) is 8.92. The number of carbonyl (C=O) groups excluding carboxylic acids is 2. The number of carbonyl (C=O) groups is 2. The predicted octanol–water partition coefficient (Wildman–Crippen LogP) is 3.14. The molecule has 8 unspecified atom stereocenters. The molecule has 0 aromatic rings. The van der Waals surface area contributed by atoms with E-state index in [-0.39, 0.29) is 11.8 Å². The Balaban J connectivity index is 1.87. The van der Waals surface area contributed by atoms with Gasteiger partial charge in [-0.2, -0.15) is 0 Å². The fraction of sp³-hybridized carbons (Fsp3) is 0.818. The molecule has 4 aliphatic rings. The number of hydrogen-bond acceptors (Lipinski definition) is 2. The van der Waals surface area contributed by atoms with Gasteiger partial charge in [0.1, 0.15) is 0 Å². The summed E-state index contributed by atoms with van der Waals surface area (Å²) in [6.07, 6.45) is 8.63. The van der Waals surface area contributed by atoms with Gasteiger partial charge in [0.2, 0.25) is 11.8 Å². The summed E-state index contributed by atoms with van der Waals surface area (Å²) < 4.78 is 0. The van der Waals surface area contributed by atoms with Crippen LogP contribution < -0.4 is 10.6 Å². The van der Waals surface area contributed by atoms with Crippen LogP contribution in [0.1, 0.15) is 53.4 Å². The summed E-state index contributed by atoms with van der Waals surface area (Å²) in [6, 6.07) is 0. The van der Waals surface area contributed by atoms with Gasteiger partial charge in [-0.05, 0) is 75.0 Å². The monoisotopic (exact) mass is 358 g/mol. The first-order valence-corrected chi connectivity index (χ1v) is 10.8. The Kier molecular flexibility index (Phi) is 4.24. The third-order valence-electron chi connectivity index (χ3n) is 8.68. The standard InChI is InChI=1S/C22H34N2O2/c1-5-21(19(25)23-7-3)15-12-16(22(21,6-2)20(26)24-8-4)18-14-10-9-13(11-14)17(15)18/h9-10,13-18H,5-8,11-12H2,1-4H3,(H,23,25)(H,24,26). The van der Waals surface area contributed by atoms with E-state index in [2.05, 4.69) is 36.6 Å². The molecule has 2 N–H and O–H groups in total. The number of amides is 2. The molecule has 4 nitrogen and oxygen atoms in total. The molecule has 4 rings (SSSR count). The van der Waals surface area contributed by atoms with Gasteiger partial charge in [0, 0.05) is 13.1 Å². The van der Waals surface area contributed by atoms with E-state index in [1.807, 2.05) is 13.8 Å². The number of fused-ring (bicyclic) bond motifs is 9. The maximum atomic E-state index is 13.6. The van der Waals surface area contributed by atoms with E-state index in [1.54, 1.807) is 0 Å². The van der Waals surface area contributed by atoms with Crippen molar-refractivity contribution in [3.8, 4) is 0 Å². The van der Waals surface area contributed by atoms with Crippen LogP contribution in [0.4, 0.5) is 0 Å². The molecule has 0 radical (unpaired) electrons. The van der Waals surface area contributed by atoms with E-state index < -0.39 is 10.8 Å². The van der Waals surface area contributed by atoms with Crippen LogP contribution in [0.15, 0.2) is 12.2 Å². The summed E-state index contributed by atoms with van der Waals surface area (Å²) in [7, 11) is 0. The van der Waals surface area contributed by atoms with Crippen LogP contribution in [0.25, 0.3) is 0 Å². The Morgan fingerprint density at radius 1 is 0.808 bits per heavy atom. The zero-order valence-corrected chi connectivity index (χ0v) is 16.7. The highest BCUT2D eigenvalue weighted by Gasteiger charge is 2.79. The van der Waals surface area contributed by atoms with Crippen LogP contribution in [0.3, 0.4) is 0 Å². The summed E-state index contributed by atoms with van der Waals surface area (Å²) in [5, 5.41) is 6.27. The average Bonchev–Trinajstić information content (AvgIpc) is 3.38. The summed E-state index contributed by atoms with van der Waals surface area (Å²) in [4.78, 5) is 27.1. The second-order valence-corrected chi connectivity index (χ2v) is 8.92. The minimum Gasteiger partial charge on any atom is -0.356 e. The van der Waals surface area contributed by atoms with Gasteiger partial charge in [0.05, 0.1) is 10.8 Å². The van der Waals surface area contributed by atoms with Gasteiger partial charge in [0.25, 0.3) is 0 Å². The van der Waals surface area contributed by atoms with Crippen molar-refractivity contribution in [3.63, 3.8) is 0 Å². The molecule has 4 aliphatic carbocycles. The number of hydrogen-bond donors (Lipinski definition) is 2. The first kappa shape index (κ1) is 18.1. The van der Waals surface area contributed by atoms with Gasteiger partial charge in [-0.25, -0.2) is 0 Å². The van der Waals surface area contributed by atoms with E-state index in [9.17, 15) is 9.59 Å². The Bertz CT molecular complexity index is 592. The van der Waals surface area contributed by atoms with Gasteiger partial charge < -0.3 is 10.6 Å². The van der Waals surface area contributed by atoms with Gasteiger partial charge in [0.15, 0.2) is 0 Å². The molecule has 26 heavy (non-hydrogen) atoms. The molecule has 8 atom stereocenters. The molecule has 0 aromatic heterocycles. The van der Waals surface area contributed by atoms with Gasteiger partial charge in [-0.15, -0.1) is 0 Å². The van der Waals surface area contributed by atoms with Crippen LogP contribution in [0.5, 0.6) is 0 Å². The van der Waals surface area contributed by atoms with E-state index in [1.165, 1.54) is 6.42 Å². The highest BCUT2D eigenvalue weighted by molar-refractivity contribution is 5.95. The third kappa shape index (κ3) is 1.81. The second kappa shape index (κ2) is 6.10. The topological polar surface area (TPSA) is 58.2 Å². The Morgan fingerprint density at radius 3 is 1.58 bits per heavy atom. The van der Waals surface area contributed by atoms with Crippen LogP contribution in [0.2, 0.25) is 0 Å². The molecule has 0 saturated heterocycles. The van der Waals surface area contributed by atoms with E-state index >= 15 is 0 Å². The minimum absolute atomic E-state index is 0.133. The molecular formula is C22H34N2O2. The van der Waals surface area contributed by atoms with Crippen LogP contribution in [-0.4, -0.2) is 24.9 Å². The van der Waals surface area contributed by atoms with Crippen molar-refractivity contribution in [1.82, 2.24) is 10.6 Å². The molecule has 144 valence electrons. The van der Waals surface area contributed by atoms with Gasteiger partial charge >= 0.3 is 0 Å². The molecule has 0 aliphatic heterocycles. The zero-order chi connectivity index (χ0) is 18.7.